The first-order chi connectivity index (χ1) is 11.0. The number of halogens is 1. The fraction of sp³-hybridized carbons (Fsp3) is 0.412. The van der Waals surface area contributed by atoms with Crippen LogP contribution in [0.5, 0.6) is 5.75 Å². The zero-order valence-corrected chi connectivity index (χ0v) is 14.0. The number of aromatic nitrogens is 1. The molecule has 2 aromatic rings. The Morgan fingerprint density at radius 3 is 2.26 bits per heavy atom. The minimum absolute atomic E-state index is 0.0251. The summed E-state index contributed by atoms with van der Waals surface area (Å²) in [6, 6.07) is 4.00. The third kappa shape index (κ3) is 5.17. The van der Waals surface area contributed by atoms with Gasteiger partial charge in [-0.1, -0.05) is 20.8 Å². The van der Waals surface area contributed by atoms with Crippen LogP contribution in [-0.2, 0) is 0 Å². The quantitative estimate of drug-likeness (QED) is 0.914. The van der Waals surface area contributed by atoms with E-state index in [0.717, 1.165) is 0 Å². The Morgan fingerprint density at radius 1 is 1.22 bits per heavy atom. The summed E-state index contributed by atoms with van der Waals surface area (Å²) in [5.41, 5.74) is 0.514. The van der Waals surface area contributed by atoms with Gasteiger partial charge in [-0.2, -0.15) is 0 Å². The third-order valence-corrected chi connectivity index (χ3v) is 3.54. The van der Waals surface area contributed by atoms with Gasteiger partial charge in [-0.3, -0.25) is 4.98 Å². The monoisotopic (exact) mass is 322 g/mol. The molecule has 6 heteroatoms. The average Bonchev–Trinajstić information content (AvgIpc) is 2.55. The summed E-state index contributed by atoms with van der Waals surface area (Å²) < 4.78 is 18.2. The summed E-state index contributed by atoms with van der Waals surface area (Å²) in [4.78, 5) is 17.0. The number of benzene rings is 1. The summed E-state index contributed by atoms with van der Waals surface area (Å²) >= 11 is 0. The third-order valence-electron chi connectivity index (χ3n) is 3.54. The van der Waals surface area contributed by atoms with Gasteiger partial charge in [0.2, 0.25) is 0 Å². The van der Waals surface area contributed by atoms with Crippen LogP contribution in [0, 0.1) is 5.82 Å². The number of carboxylic acids is 1. The van der Waals surface area contributed by atoms with E-state index in [1.54, 1.807) is 0 Å². The topological polar surface area (TPSA) is 62.7 Å². The van der Waals surface area contributed by atoms with Gasteiger partial charge >= 0.3 is 5.97 Å². The molecule has 0 aliphatic carbocycles. The Kier molecular flexibility index (Phi) is 7.41. The molecule has 1 aromatic carbocycles. The van der Waals surface area contributed by atoms with E-state index < -0.39 is 11.8 Å². The first-order valence-electron chi connectivity index (χ1n) is 7.55. The second kappa shape index (κ2) is 9.05. The Hall–Kier alpha value is -2.21. The van der Waals surface area contributed by atoms with Crippen molar-refractivity contribution in [3.05, 3.63) is 35.8 Å². The number of methoxy groups -OCH3 is 1. The molecule has 0 fully saturated rings. The van der Waals surface area contributed by atoms with Crippen LogP contribution < -0.4 is 4.74 Å². The lowest BCUT2D eigenvalue weighted by Gasteiger charge is -2.13. The lowest BCUT2D eigenvalue weighted by Crippen LogP contribution is -2.21. The van der Waals surface area contributed by atoms with Gasteiger partial charge in [0.25, 0.3) is 0 Å². The van der Waals surface area contributed by atoms with Crippen molar-refractivity contribution in [1.82, 2.24) is 9.88 Å². The van der Waals surface area contributed by atoms with Crippen LogP contribution in [0.25, 0.3) is 10.9 Å². The number of hydrogen-bond donors (Lipinski definition) is 1. The predicted molar refractivity (Wildman–Crippen MR) is 88.7 cm³/mol. The van der Waals surface area contributed by atoms with Gasteiger partial charge in [-0.15, -0.1) is 0 Å². The van der Waals surface area contributed by atoms with Crippen molar-refractivity contribution < 1.29 is 19.0 Å². The second-order valence-corrected chi connectivity index (χ2v) is 4.83. The Bertz CT molecular complexity index is 652. The van der Waals surface area contributed by atoms with Crippen molar-refractivity contribution >= 4 is 16.9 Å². The van der Waals surface area contributed by atoms with E-state index in [9.17, 15) is 9.18 Å². The number of carbonyl (C=O) groups is 1. The molecule has 0 unspecified atom stereocenters. The largest absolute Gasteiger partial charge is 0.494 e. The lowest BCUT2D eigenvalue weighted by molar-refractivity contribution is 0.0696. The van der Waals surface area contributed by atoms with Crippen LogP contribution in [0.3, 0.4) is 0 Å². The van der Waals surface area contributed by atoms with Gasteiger partial charge in [0.05, 0.1) is 18.2 Å². The SMILES string of the molecule is CCN(CC)CC.COc1cc2ncc(C(=O)O)cc2cc1F. The zero-order valence-electron chi connectivity index (χ0n) is 14.0. The molecule has 1 heterocycles. The summed E-state index contributed by atoms with van der Waals surface area (Å²) in [5, 5.41) is 9.18. The molecule has 0 bridgehead atoms. The van der Waals surface area contributed by atoms with Gasteiger partial charge in [0.15, 0.2) is 11.6 Å². The fourth-order valence-corrected chi connectivity index (χ4v) is 2.07. The van der Waals surface area contributed by atoms with Crippen LogP contribution in [0.15, 0.2) is 24.4 Å². The van der Waals surface area contributed by atoms with Crippen LogP contribution in [0.2, 0.25) is 0 Å². The Balaban J connectivity index is 0.000000322. The lowest BCUT2D eigenvalue weighted by atomic mass is 10.1. The highest BCUT2D eigenvalue weighted by atomic mass is 19.1. The van der Waals surface area contributed by atoms with Crippen LogP contribution in [-0.4, -0.2) is 47.7 Å². The van der Waals surface area contributed by atoms with E-state index in [-0.39, 0.29) is 11.3 Å². The van der Waals surface area contributed by atoms with Crippen molar-refractivity contribution in [2.45, 2.75) is 20.8 Å². The molecule has 2 rings (SSSR count). The minimum atomic E-state index is -1.09. The molecular formula is C17H23FN2O3. The minimum Gasteiger partial charge on any atom is -0.494 e. The molecule has 0 radical (unpaired) electrons. The maximum absolute atomic E-state index is 13.4. The van der Waals surface area contributed by atoms with Crippen LogP contribution >= 0.6 is 0 Å². The average molecular weight is 322 g/mol. The number of rotatable bonds is 5. The van der Waals surface area contributed by atoms with Gasteiger partial charge < -0.3 is 14.7 Å². The van der Waals surface area contributed by atoms with E-state index in [1.165, 1.54) is 51.1 Å². The number of pyridine rings is 1. The summed E-state index contributed by atoms with van der Waals surface area (Å²) in [6.45, 7) is 10.1. The molecular weight excluding hydrogens is 299 g/mol. The van der Waals surface area contributed by atoms with Crippen molar-refractivity contribution in [1.29, 1.82) is 0 Å². The normalized spacial score (nSPS) is 10.3. The van der Waals surface area contributed by atoms with E-state index in [2.05, 4.69) is 30.7 Å². The predicted octanol–water partition coefficient (Wildman–Crippen LogP) is 3.43. The van der Waals surface area contributed by atoms with Gasteiger partial charge in [-0.25, -0.2) is 9.18 Å². The van der Waals surface area contributed by atoms with Gasteiger partial charge in [-0.05, 0) is 31.8 Å². The number of hydrogen-bond acceptors (Lipinski definition) is 4. The van der Waals surface area contributed by atoms with E-state index >= 15 is 0 Å². The summed E-state index contributed by atoms with van der Waals surface area (Å²) in [6.07, 6.45) is 1.22. The van der Waals surface area contributed by atoms with Crippen molar-refractivity contribution in [2.75, 3.05) is 26.7 Å². The van der Waals surface area contributed by atoms with Gasteiger partial charge in [0, 0.05) is 17.6 Å². The van der Waals surface area contributed by atoms with E-state index in [0.29, 0.717) is 10.9 Å². The maximum atomic E-state index is 13.4. The van der Waals surface area contributed by atoms with Crippen molar-refractivity contribution in [3.8, 4) is 5.75 Å². The molecule has 5 nitrogen and oxygen atoms in total. The number of carboxylic acid groups (broad SMARTS) is 1. The number of fused-ring (bicyclic) bond motifs is 1. The molecule has 1 N–H and O–H groups in total. The van der Waals surface area contributed by atoms with Crippen molar-refractivity contribution in [2.24, 2.45) is 0 Å². The summed E-state index contributed by atoms with van der Waals surface area (Å²) in [5.74, 6) is -1.55. The first-order valence-corrected chi connectivity index (χ1v) is 7.55. The molecule has 0 aliphatic heterocycles. The van der Waals surface area contributed by atoms with Crippen LogP contribution in [0.1, 0.15) is 31.1 Å². The second-order valence-electron chi connectivity index (χ2n) is 4.83. The Labute approximate surface area is 135 Å². The first kappa shape index (κ1) is 18.8. The molecule has 0 aliphatic rings. The highest BCUT2D eigenvalue weighted by molar-refractivity contribution is 5.92. The Morgan fingerprint density at radius 2 is 1.83 bits per heavy atom. The molecule has 0 amide bonds. The molecule has 126 valence electrons. The maximum Gasteiger partial charge on any atom is 0.337 e. The fourth-order valence-electron chi connectivity index (χ4n) is 2.07. The number of nitrogens with zero attached hydrogens (tertiary/aromatic N) is 2. The van der Waals surface area contributed by atoms with E-state index in [4.69, 9.17) is 9.84 Å². The van der Waals surface area contributed by atoms with Crippen LogP contribution in [0.4, 0.5) is 4.39 Å². The molecule has 23 heavy (non-hydrogen) atoms. The molecule has 0 atom stereocenters. The highest BCUT2D eigenvalue weighted by Crippen LogP contribution is 2.23. The van der Waals surface area contributed by atoms with E-state index in [1.807, 2.05) is 0 Å². The summed E-state index contributed by atoms with van der Waals surface area (Å²) in [7, 11) is 1.36. The van der Waals surface area contributed by atoms with Gasteiger partial charge in [0.1, 0.15) is 0 Å². The molecule has 1 aromatic heterocycles. The van der Waals surface area contributed by atoms with Crippen molar-refractivity contribution in [3.63, 3.8) is 0 Å². The highest BCUT2D eigenvalue weighted by Gasteiger charge is 2.09. The zero-order chi connectivity index (χ0) is 17.4. The number of aromatic carboxylic acids is 1. The molecule has 0 saturated carbocycles. The standard InChI is InChI=1S/C11H8FNO3.C6H15N/c1-16-10-4-9-6(3-8(10)12)2-7(5-13-9)11(14)15;1-4-7(5-2)6-3/h2-5H,1H3,(H,14,15);4-6H2,1-3H3. The smallest absolute Gasteiger partial charge is 0.337 e. The molecule has 0 spiro atoms. The number of ether oxygens (including phenoxy) is 1. The molecule has 0 saturated heterocycles.